The first kappa shape index (κ1) is 27.5. The zero-order chi connectivity index (χ0) is 27.9. The summed E-state index contributed by atoms with van der Waals surface area (Å²) in [7, 11) is 0. The van der Waals surface area contributed by atoms with Gasteiger partial charge in [0.15, 0.2) is 5.13 Å². The molecule has 10 heteroatoms. The van der Waals surface area contributed by atoms with E-state index in [1.54, 1.807) is 48.5 Å². The average molecular weight is 636 g/mol. The maximum atomic E-state index is 13.8. The minimum absolute atomic E-state index is 0.109. The quantitative estimate of drug-likeness (QED) is 0.126. The lowest BCUT2D eigenvalue weighted by molar-refractivity contribution is 0.0955. The predicted octanol–water partition coefficient (Wildman–Crippen LogP) is 8.45. The SMILES string of the molecule is O=C(N/N=C\c1ccc(OCc2ccccc2F)c(Br)c1)c1ccc(-c2csc(Nc3ccc(Cl)cc3)n2)cc1. The second-order valence-electron chi connectivity index (χ2n) is 8.52. The summed E-state index contributed by atoms with van der Waals surface area (Å²) in [6, 6.07) is 26.4. The van der Waals surface area contributed by atoms with E-state index in [1.165, 1.54) is 23.6 Å². The maximum Gasteiger partial charge on any atom is 0.271 e. The number of halogens is 3. The van der Waals surface area contributed by atoms with Crippen molar-refractivity contribution in [2.45, 2.75) is 6.61 Å². The van der Waals surface area contributed by atoms with Crippen molar-refractivity contribution in [3.05, 3.63) is 128 Å². The number of amides is 1. The normalized spacial score (nSPS) is 11.0. The molecule has 6 nitrogen and oxygen atoms in total. The Hall–Kier alpha value is -4.05. The fourth-order valence-electron chi connectivity index (χ4n) is 3.63. The third-order valence-electron chi connectivity index (χ3n) is 5.72. The van der Waals surface area contributed by atoms with E-state index in [0.29, 0.717) is 26.4 Å². The molecular weight excluding hydrogens is 615 g/mol. The van der Waals surface area contributed by atoms with Crippen molar-refractivity contribution < 1.29 is 13.9 Å². The molecule has 4 aromatic carbocycles. The lowest BCUT2D eigenvalue weighted by Gasteiger charge is -2.09. The van der Waals surface area contributed by atoms with Gasteiger partial charge in [-0.25, -0.2) is 14.8 Å². The number of benzene rings is 4. The molecule has 0 aliphatic rings. The maximum absolute atomic E-state index is 13.8. The van der Waals surface area contributed by atoms with Crippen molar-refractivity contribution in [1.29, 1.82) is 0 Å². The van der Waals surface area contributed by atoms with Crippen molar-refractivity contribution in [3.63, 3.8) is 0 Å². The van der Waals surface area contributed by atoms with E-state index in [-0.39, 0.29) is 18.3 Å². The van der Waals surface area contributed by atoms with Crippen LogP contribution in [0.5, 0.6) is 5.75 Å². The molecule has 0 saturated carbocycles. The second-order valence-corrected chi connectivity index (χ2v) is 10.7. The number of hydrogen-bond donors (Lipinski definition) is 2. The minimum atomic E-state index is -0.338. The van der Waals surface area contributed by atoms with Crippen LogP contribution in [0.25, 0.3) is 11.3 Å². The van der Waals surface area contributed by atoms with Crippen LogP contribution in [0.1, 0.15) is 21.5 Å². The largest absolute Gasteiger partial charge is 0.488 e. The van der Waals surface area contributed by atoms with Gasteiger partial charge in [0.25, 0.3) is 5.91 Å². The van der Waals surface area contributed by atoms with Gasteiger partial charge in [-0.1, -0.05) is 41.9 Å². The Morgan fingerprint density at radius 2 is 1.82 bits per heavy atom. The fourth-order valence-corrected chi connectivity index (χ4v) is 5.01. The van der Waals surface area contributed by atoms with E-state index in [2.05, 4.69) is 36.8 Å². The number of nitrogens with zero attached hydrogens (tertiary/aromatic N) is 2. The van der Waals surface area contributed by atoms with Crippen molar-refractivity contribution in [3.8, 4) is 17.0 Å². The smallest absolute Gasteiger partial charge is 0.271 e. The van der Waals surface area contributed by atoms with Gasteiger partial charge in [-0.2, -0.15) is 5.10 Å². The van der Waals surface area contributed by atoms with Crippen LogP contribution in [0.3, 0.4) is 0 Å². The third-order valence-corrected chi connectivity index (χ3v) is 7.35. The summed E-state index contributed by atoms with van der Waals surface area (Å²) in [4.78, 5) is 17.2. The summed E-state index contributed by atoms with van der Waals surface area (Å²) in [5.41, 5.74) is 6.81. The number of ether oxygens (including phenoxy) is 1. The lowest BCUT2D eigenvalue weighted by atomic mass is 10.1. The van der Waals surface area contributed by atoms with Gasteiger partial charge >= 0.3 is 0 Å². The molecule has 0 atom stereocenters. The zero-order valence-electron chi connectivity index (χ0n) is 20.8. The van der Waals surface area contributed by atoms with Gasteiger partial charge < -0.3 is 10.1 Å². The average Bonchev–Trinajstić information content (AvgIpc) is 3.43. The number of nitrogens with one attached hydrogen (secondary N) is 2. The molecule has 0 aliphatic heterocycles. The number of hydrogen-bond acceptors (Lipinski definition) is 6. The summed E-state index contributed by atoms with van der Waals surface area (Å²) in [6.45, 7) is 0.109. The van der Waals surface area contributed by atoms with Crippen molar-refractivity contribution in [1.82, 2.24) is 10.4 Å². The van der Waals surface area contributed by atoms with Crippen LogP contribution >= 0.6 is 38.9 Å². The molecule has 0 unspecified atom stereocenters. The van der Waals surface area contributed by atoms with Crippen molar-refractivity contribution in [2.75, 3.05) is 5.32 Å². The van der Waals surface area contributed by atoms with Crippen LogP contribution in [0.4, 0.5) is 15.2 Å². The molecule has 5 aromatic rings. The number of aromatic nitrogens is 1. The summed E-state index contributed by atoms with van der Waals surface area (Å²) >= 11 is 10.9. The Morgan fingerprint density at radius 1 is 1.05 bits per heavy atom. The highest BCUT2D eigenvalue weighted by Crippen LogP contribution is 2.28. The van der Waals surface area contributed by atoms with Crippen LogP contribution in [-0.2, 0) is 6.61 Å². The highest BCUT2D eigenvalue weighted by Gasteiger charge is 2.09. The molecule has 2 N–H and O–H groups in total. The summed E-state index contributed by atoms with van der Waals surface area (Å²) in [6.07, 6.45) is 1.53. The summed E-state index contributed by atoms with van der Waals surface area (Å²) < 4.78 is 20.2. The molecule has 1 heterocycles. The van der Waals surface area contributed by atoms with E-state index >= 15 is 0 Å². The molecule has 0 aliphatic carbocycles. The van der Waals surface area contributed by atoms with Gasteiger partial charge in [0.05, 0.1) is 16.4 Å². The molecule has 1 amide bonds. The van der Waals surface area contributed by atoms with Gasteiger partial charge in [-0.3, -0.25) is 4.79 Å². The van der Waals surface area contributed by atoms with Crippen molar-refractivity contribution in [2.24, 2.45) is 5.10 Å². The standard InChI is InChI=1S/C30H21BrClFN4O2S/c31-25-15-19(5-14-28(25)39-17-22-3-1-2-4-26(22)33)16-34-37-29(38)21-8-6-20(7-9-21)27-18-40-30(36-27)35-24-12-10-23(32)11-13-24/h1-16,18H,17H2,(H,35,36)(H,37,38)/b34-16-. The van der Waals surface area contributed by atoms with Crippen LogP contribution in [0.2, 0.25) is 5.02 Å². The molecule has 40 heavy (non-hydrogen) atoms. The molecule has 1 aromatic heterocycles. The van der Waals surface area contributed by atoms with Crippen LogP contribution in [0, 0.1) is 5.82 Å². The molecule has 5 rings (SSSR count). The minimum Gasteiger partial charge on any atom is -0.488 e. The lowest BCUT2D eigenvalue weighted by Crippen LogP contribution is -2.17. The van der Waals surface area contributed by atoms with E-state index in [4.69, 9.17) is 16.3 Å². The summed E-state index contributed by atoms with van der Waals surface area (Å²) in [5.74, 6) is -0.0832. The number of carbonyl (C=O) groups is 1. The monoisotopic (exact) mass is 634 g/mol. The van der Waals surface area contributed by atoms with Gasteiger partial charge in [-0.05, 0) is 82.2 Å². The Kier molecular flexibility index (Phi) is 8.85. The number of hydrazone groups is 1. The van der Waals surface area contributed by atoms with Crippen LogP contribution in [0.15, 0.2) is 106 Å². The number of carbonyl (C=O) groups excluding carboxylic acids is 1. The first-order valence-electron chi connectivity index (χ1n) is 12.0. The van der Waals surface area contributed by atoms with E-state index in [1.807, 2.05) is 41.8 Å². The van der Waals surface area contributed by atoms with Gasteiger partial charge in [0.1, 0.15) is 18.2 Å². The molecule has 0 spiro atoms. The Bertz CT molecular complexity index is 1660. The van der Waals surface area contributed by atoms with Crippen LogP contribution in [-0.4, -0.2) is 17.1 Å². The molecular formula is C30H21BrClFN4O2S. The molecule has 200 valence electrons. The zero-order valence-corrected chi connectivity index (χ0v) is 23.9. The van der Waals surface area contributed by atoms with E-state index in [9.17, 15) is 9.18 Å². The fraction of sp³-hybridized carbons (Fsp3) is 0.0333. The number of anilines is 2. The highest BCUT2D eigenvalue weighted by molar-refractivity contribution is 9.10. The molecule has 0 bridgehead atoms. The topological polar surface area (TPSA) is 75.6 Å². The molecule has 0 fully saturated rings. The predicted molar refractivity (Wildman–Crippen MR) is 162 cm³/mol. The van der Waals surface area contributed by atoms with Crippen LogP contribution < -0.4 is 15.5 Å². The van der Waals surface area contributed by atoms with Gasteiger partial charge in [0.2, 0.25) is 0 Å². The van der Waals surface area contributed by atoms with E-state index in [0.717, 1.165) is 27.6 Å². The van der Waals surface area contributed by atoms with Crippen molar-refractivity contribution >= 4 is 61.8 Å². The van der Waals surface area contributed by atoms with E-state index < -0.39 is 0 Å². The Labute approximate surface area is 247 Å². The molecule has 0 radical (unpaired) electrons. The third kappa shape index (κ3) is 7.12. The Balaban J connectivity index is 1.14. The summed E-state index contributed by atoms with van der Waals surface area (Å²) in [5, 5.41) is 10.7. The Morgan fingerprint density at radius 3 is 2.58 bits per heavy atom. The van der Waals surface area contributed by atoms with Gasteiger partial charge in [-0.15, -0.1) is 11.3 Å². The number of rotatable bonds is 9. The number of thiazole rings is 1. The first-order valence-corrected chi connectivity index (χ1v) is 14.1. The molecule has 0 saturated heterocycles. The first-order chi connectivity index (χ1) is 19.4. The highest BCUT2D eigenvalue weighted by atomic mass is 79.9. The second kappa shape index (κ2) is 12.9. The van der Waals surface area contributed by atoms with Gasteiger partial charge in [0, 0.05) is 32.8 Å².